The third-order valence-electron chi connectivity index (χ3n) is 2.33. The van der Waals surface area contributed by atoms with Gasteiger partial charge in [0.2, 0.25) is 0 Å². The van der Waals surface area contributed by atoms with E-state index in [1.807, 2.05) is 6.07 Å². The van der Waals surface area contributed by atoms with E-state index in [9.17, 15) is 13.6 Å². The van der Waals surface area contributed by atoms with Gasteiger partial charge in [0.05, 0.1) is 6.67 Å². The monoisotopic (exact) mass is 227 g/mol. The Morgan fingerprint density at radius 3 is 2.56 bits per heavy atom. The number of anilines is 1. The lowest BCUT2D eigenvalue weighted by molar-refractivity contribution is -0.123. The van der Waals surface area contributed by atoms with Gasteiger partial charge in [0.1, 0.15) is 0 Å². The minimum absolute atomic E-state index is 0.0630. The van der Waals surface area contributed by atoms with Crippen molar-refractivity contribution < 1.29 is 13.6 Å². The molecule has 1 amide bonds. The van der Waals surface area contributed by atoms with Crippen molar-refractivity contribution in [2.45, 2.75) is 19.0 Å². The van der Waals surface area contributed by atoms with Crippen LogP contribution in [0.1, 0.15) is 12.8 Å². The van der Waals surface area contributed by atoms with Crippen LogP contribution < -0.4 is 4.90 Å². The third-order valence-corrected chi connectivity index (χ3v) is 2.33. The van der Waals surface area contributed by atoms with Gasteiger partial charge in [-0.05, 0) is 25.0 Å². The van der Waals surface area contributed by atoms with Crippen molar-refractivity contribution in [1.29, 1.82) is 0 Å². The highest BCUT2D eigenvalue weighted by molar-refractivity contribution is 5.95. The van der Waals surface area contributed by atoms with E-state index >= 15 is 0 Å². The first-order chi connectivity index (χ1) is 7.66. The maximum absolute atomic E-state index is 13.4. The molecule has 1 aromatic carbocycles. The molecule has 0 spiro atoms. The molecule has 0 saturated carbocycles. The molecule has 0 radical (unpaired) electrons. The van der Waals surface area contributed by atoms with Crippen molar-refractivity contribution in [2.75, 3.05) is 18.6 Å². The average molecular weight is 227 g/mol. The second kappa shape index (κ2) is 6.20. The van der Waals surface area contributed by atoms with Crippen LogP contribution in [0.4, 0.5) is 14.5 Å². The summed E-state index contributed by atoms with van der Waals surface area (Å²) in [5.41, 5.74) is 0.635. The zero-order valence-electron chi connectivity index (χ0n) is 9.20. The number of benzene rings is 1. The van der Waals surface area contributed by atoms with Crippen LogP contribution in [-0.4, -0.2) is 25.8 Å². The van der Waals surface area contributed by atoms with Crippen LogP contribution in [0.15, 0.2) is 30.3 Å². The predicted molar refractivity (Wildman–Crippen MR) is 60.0 cm³/mol. The van der Waals surface area contributed by atoms with Crippen molar-refractivity contribution in [3.63, 3.8) is 0 Å². The summed E-state index contributed by atoms with van der Waals surface area (Å²) in [5.74, 6) is -0.625. The molecule has 0 aliphatic carbocycles. The SMILES string of the molecule is CN(C(=O)C(F)CCCF)c1ccccc1. The number of halogens is 2. The van der Waals surface area contributed by atoms with Crippen molar-refractivity contribution >= 4 is 11.6 Å². The summed E-state index contributed by atoms with van der Waals surface area (Å²) >= 11 is 0. The first-order valence-corrected chi connectivity index (χ1v) is 5.19. The Hall–Kier alpha value is -1.45. The fourth-order valence-corrected chi connectivity index (χ4v) is 1.37. The van der Waals surface area contributed by atoms with E-state index in [-0.39, 0.29) is 12.8 Å². The smallest absolute Gasteiger partial charge is 0.261 e. The normalized spacial score (nSPS) is 12.2. The van der Waals surface area contributed by atoms with Crippen molar-refractivity contribution in [2.24, 2.45) is 0 Å². The Bertz CT molecular complexity index is 329. The molecule has 0 aliphatic rings. The van der Waals surface area contributed by atoms with Crippen molar-refractivity contribution in [1.82, 2.24) is 0 Å². The van der Waals surface area contributed by atoms with Crippen molar-refractivity contribution in [3.05, 3.63) is 30.3 Å². The molecule has 0 bridgehead atoms. The van der Waals surface area contributed by atoms with Gasteiger partial charge in [-0.15, -0.1) is 0 Å². The van der Waals surface area contributed by atoms with Gasteiger partial charge in [0, 0.05) is 12.7 Å². The summed E-state index contributed by atoms with van der Waals surface area (Å²) < 4.78 is 25.2. The van der Waals surface area contributed by atoms with Crippen LogP contribution in [0.25, 0.3) is 0 Å². The fourth-order valence-electron chi connectivity index (χ4n) is 1.37. The minimum atomic E-state index is -1.62. The van der Waals surface area contributed by atoms with Gasteiger partial charge in [-0.25, -0.2) is 4.39 Å². The molecule has 1 rings (SSSR count). The molecule has 16 heavy (non-hydrogen) atoms. The standard InChI is InChI=1S/C12H15F2NO/c1-15(10-6-3-2-4-7-10)12(16)11(14)8-5-9-13/h2-4,6-7,11H,5,8-9H2,1H3. The number of amides is 1. The van der Waals surface area contributed by atoms with Gasteiger partial charge >= 0.3 is 0 Å². The van der Waals surface area contributed by atoms with E-state index in [0.29, 0.717) is 5.69 Å². The first-order valence-electron chi connectivity index (χ1n) is 5.19. The van der Waals surface area contributed by atoms with Crippen LogP contribution in [0.2, 0.25) is 0 Å². The highest BCUT2D eigenvalue weighted by Crippen LogP contribution is 2.15. The van der Waals surface area contributed by atoms with Gasteiger partial charge in [-0.1, -0.05) is 18.2 Å². The highest BCUT2D eigenvalue weighted by atomic mass is 19.1. The van der Waals surface area contributed by atoms with E-state index in [4.69, 9.17) is 0 Å². The van der Waals surface area contributed by atoms with E-state index in [1.165, 1.54) is 11.9 Å². The lowest BCUT2D eigenvalue weighted by Crippen LogP contribution is -2.34. The van der Waals surface area contributed by atoms with Gasteiger partial charge in [0.25, 0.3) is 5.91 Å². The van der Waals surface area contributed by atoms with Gasteiger partial charge < -0.3 is 4.90 Å². The molecular weight excluding hydrogens is 212 g/mol. The number of carbonyl (C=O) groups excluding carboxylic acids is 1. The van der Waals surface area contributed by atoms with E-state index in [2.05, 4.69) is 0 Å². The molecule has 0 aromatic heterocycles. The van der Waals surface area contributed by atoms with Crippen LogP contribution in [-0.2, 0) is 4.79 Å². The molecule has 0 heterocycles. The Kier molecular flexibility index (Phi) is 4.89. The van der Waals surface area contributed by atoms with Crippen LogP contribution in [0, 0.1) is 0 Å². The maximum Gasteiger partial charge on any atom is 0.261 e. The van der Waals surface area contributed by atoms with E-state index in [0.717, 1.165) is 0 Å². The average Bonchev–Trinajstić information content (AvgIpc) is 2.35. The molecule has 88 valence electrons. The molecule has 1 aromatic rings. The molecular formula is C12H15F2NO. The fraction of sp³-hybridized carbons (Fsp3) is 0.417. The number of hydrogen-bond donors (Lipinski definition) is 0. The number of rotatable bonds is 5. The third kappa shape index (κ3) is 3.29. The van der Waals surface area contributed by atoms with Gasteiger partial charge in [-0.2, -0.15) is 0 Å². The van der Waals surface area contributed by atoms with Crippen LogP contribution in [0.5, 0.6) is 0 Å². The van der Waals surface area contributed by atoms with Crippen molar-refractivity contribution in [3.8, 4) is 0 Å². The Morgan fingerprint density at radius 1 is 1.38 bits per heavy atom. The number of alkyl halides is 2. The quantitative estimate of drug-likeness (QED) is 0.757. The summed E-state index contributed by atoms with van der Waals surface area (Å²) in [6.07, 6.45) is -1.61. The maximum atomic E-state index is 13.4. The second-order valence-electron chi connectivity index (χ2n) is 3.53. The second-order valence-corrected chi connectivity index (χ2v) is 3.53. The predicted octanol–water partition coefficient (Wildman–Crippen LogP) is 2.74. The number of carbonyl (C=O) groups is 1. The van der Waals surface area contributed by atoms with E-state index < -0.39 is 18.8 Å². The highest BCUT2D eigenvalue weighted by Gasteiger charge is 2.21. The molecule has 1 atom stereocenters. The minimum Gasteiger partial charge on any atom is -0.313 e. The molecule has 0 N–H and O–H groups in total. The zero-order valence-corrected chi connectivity index (χ0v) is 9.20. The zero-order chi connectivity index (χ0) is 12.0. The molecule has 0 aliphatic heterocycles. The number of nitrogens with zero attached hydrogens (tertiary/aromatic N) is 1. The molecule has 0 saturated heterocycles. The molecule has 4 heteroatoms. The Balaban J connectivity index is 2.60. The Labute approximate surface area is 93.9 Å². The lowest BCUT2D eigenvalue weighted by atomic mass is 10.2. The first kappa shape index (κ1) is 12.6. The summed E-state index contributed by atoms with van der Waals surface area (Å²) in [6, 6.07) is 8.80. The summed E-state index contributed by atoms with van der Waals surface area (Å²) in [7, 11) is 1.51. The molecule has 0 fully saturated rings. The summed E-state index contributed by atoms with van der Waals surface area (Å²) in [5, 5.41) is 0. The van der Waals surface area contributed by atoms with Gasteiger partial charge in [0.15, 0.2) is 6.17 Å². The molecule has 2 nitrogen and oxygen atoms in total. The number of hydrogen-bond acceptors (Lipinski definition) is 1. The lowest BCUT2D eigenvalue weighted by Gasteiger charge is -2.19. The molecule has 1 unspecified atom stereocenters. The largest absolute Gasteiger partial charge is 0.313 e. The summed E-state index contributed by atoms with van der Waals surface area (Å²) in [4.78, 5) is 12.8. The number of para-hydroxylation sites is 1. The topological polar surface area (TPSA) is 20.3 Å². The van der Waals surface area contributed by atoms with E-state index in [1.54, 1.807) is 24.3 Å². The summed E-state index contributed by atoms with van der Waals surface area (Å²) in [6.45, 7) is -0.594. The van der Waals surface area contributed by atoms with Gasteiger partial charge in [-0.3, -0.25) is 9.18 Å². The van der Waals surface area contributed by atoms with Crippen LogP contribution >= 0.6 is 0 Å². The van der Waals surface area contributed by atoms with Crippen LogP contribution in [0.3, 0.4) is 0 Å². The Morgan fingerprint density at radius 2 is 2.00 bits per heavy atom.